The van der Waals surface area contributed by atoms with Crippen molar-refractivity contribution in [2.24, 2.45) is 0 Å². The van der Waals surface area contributed by atoms with E-state index in [2.05, 4.69) is 0 Å². The molecule has 3 rings (SSSR count). The molecule has 6 heteroatoms. The first-order chi connectivity index (χ1) is 11.0. The quantitative estimate of drug-likeness (QED) is 0.863. The largest absolute Gasteiger partial charge is 0.476 e. The van der Waals surface area contributed by atoms with E-state index in [1.165, 1.54) is 12.3 Å². The van der Waals surface area contributed by atoms with Crippen LogP contribution in [-0.2, 0) is 4.79 Å². The molecule has 1 fully saturated rings. The van der Waals surface area contributed by atoms with Crippen LogP contribution < -0.4 is 10.2 Å². The van der Waals surface area contributed by atoms with E-state index in [0.717, 1.165) is 5.56 Å². The molecule has 0 N–H and O–H groups in total. The van der Waals surface area contributed by atoms with Crippen LogP contribution in [-0.4, -0.2) is 30.5 Å². The molecule has 120 valence electrons. The van der Waals surface area contributed by atoms with Gasteiger partial charge in [-0.1, -0.05) is 23.7 Å². The standard InChI is InChI=1S/C17H16ClNO4/c1-11-17(15(20)5-6-22-11)23-10-16(21)19-8-13(9-19)12-3-2-4-14(18)7-12/h2-7,13H,8-10H2,1H3. The minimum atomic E-state index is -0.290. The zero-order valence-electron chi connectivity index (χ0n) is 12.6. The lowest BCUT2D eigenvalue weighted by atomic mass is 9.91. The predicted molar refractivity (Wildman–Crippen MR) is 86.0 cm³/mol. The third-order valence-corrected chi connectivity index (χ3v) is 4.14. The van der Waals surface area contributed by atoms with Crippen LogP contribution >= 0.6 is 11.6 Å². The zero-order chi connectivity index (χ0) is 16.4. The van der Waals surface area contributed by atoms with E-state index >= 15 is 0 Å². The summed E-state index contributed by atoms with van der Waals surface area (Å²) in [6, 6.07) is 8.93. The molecule has 0 atom stereocenters. The molecule has 0 radical (unpaired) electrons. The van der Waals surface area contributed by atoms with E-state index < -0.39 is 0 Å². The first-order valence-electron chi connectivity index (χ1n) is 7.29. The van der Waals surface area contributed by atoms with Crippen molar-refractivity contribution >= 4 is 17.5 Å². The highest BCUT2D eigenvalue weighted by atomic mass is 35.5. The van der Waals surface area contributed by atoms with Crippen LogP contribution in [0.5, 0.6) is 5.75 Å². The van der Waals surface area contributed by atoms with Crippen molar-refractivity contribution in [2.45, 2.75) is 12.8 Å². The molecule has 23 heavy (non-hydrogen) atoms. The minimum absolute atomic E-state index is 0.0905. The lowest BCUT2D eigenvalue weighted by Crippen LogP contribution is -2.50. The van der Waals surface area contributed by atoms with E-state index in [1.54, 1.807) is 11.8 Å². The minimum Gasteiger partial charge on any atom is -0.476 e. The molecular formula is C17H16ClNO4. The molecule has 1 aromatic heterocycles. The summed E-state index contributed by atoms with van der Waals surface area (Å²) in [6.07, 6.45) is 1.30. The van der Waals surface area contributed by atoms with E-state index in [9.17, 15) is 9.59 Å². The van der Waals surface area contributed by atoms with Crippen molar-refractivity contribution in [3.05, 3.63) is 63.2 Å². The topological polar surface area (TPSA) is 59.8 Å². The smallest absolute Gasteiger partial charge is 0.260 e. The van der Waals surface area contributed by atoms with Crippen LogP contribution in [0, 0.1) is 6.92 Å². The average molecular weight is 334 g/mol. The maximum absolute atomic E-state index is 12.1. The maximum Gasteiger partial charge on any atom is 0.260 e. The number of likely N-dealkylation sites (tertiary alicyclic amines) is 1. The van der Waals surface area contributed by atoms with Crippen LogP contribution in [0.4, 0.5) is 0 Å². The van der Waals surface area contributed by atoms with Crippen LogP contribution in [0.2, 0.25) is 5.02 Å². The van der Waals surface area contributed by atoms with Crippen LogP contribution in [0.1, 0.15) is 17.2 Å². The van der Waals surface area contributed by atoms with Gasteiger partial charge >= 0.3 is 0 Å². The molecule has 0 spiro atoms. The second-order valence-electron chi connectivity index (χ2n) is 5.51. The molecule has 0 bridgehead atoms. The second-order valence-corrected chi connectivity index (χ2v) is 5.95. The maximum atomic E-state index is 12.1. The zero-order valence-corrected chi connectivity index (χ0v) is 13.4. The normalized spacial score (nSPS) is 14.4. The van der Waals surface area contributed by atoms with E-state index in [0.29, 0.717) is 29.8 Å². The number of hydrogen-bond acceptors (Lipinski definition) is 4. The Morgan fingerprint density at radius 3 is 2.87 bits per heavy atom. The average Bonchev–Trinajstić information content (AvgIpc) is 2.45. The summed E-state index contributed by atoms with van der Waals surface area (Å²) in [7, 11) is 0. The van der Waals surface area contributed by atoms with Gasteiger partial charge in [-0.15, -0.1) is 0 Å². The summed E-state index contributed by atoms with van der Waals surface area (Å²) < 4.78 is 10.4. The predicted octanol–water partition coefficient (Wildman–Crippen LogP) is 2.61. The van der Waals surface area contributed by atoms with Crippen molar-refractivity contribution in [2.75, 3.05) is 19.7 Å². The van der Waals surface area contributed by atoms with E-state index in [-0.39, 0.29) is 23.7 Å². The molecule has 2 aromatic rings. The molecular weight excluding hydrogens is 318 g/mol. The Morgan fingerprint density at radius 1 is 1.39 bits per heavy atom. The Kier molecular flexibility index (Phi) is 4.39. The first kappa shape index (κ1) is 15.6. The van der Waals surface area contributed by atoms with Crippen LogP contribution in [0.3, 0.4) is 0 Å². The summed E-state index contributed by atoms with van der Waals surface area (Å²) in [5.41, 5.74) is 0.837. The number of nitrogens with zero attached hydrogens (tertiary/aromatic N) is 1. The van der Waals surface area contributed by atoms with Gasteiger partial charge in [0, 0.05) is 30.1 Å². The number of benzene rings is 1. The highest BCUT2D eigenvalue weighted by molar-refractivity contribution is 6.30. The molecule has 1 aromatic carbocycles. The molecule has 1 aliphatic heterocycles. The number of aryl methyl sites for hydroxylation is 1. The molecule has 1 amide bonds. The van der Waals surface area contributed by atoms with Crippen molar-refractivity contribution in [3.63, 3.8) is 0 Å². The van der Waals surface area contributed by atoms with Gasteiger partial charge in [-0.3, -0.25) is 9.59 Å². The van der Waals surface area contributed by atoms with Crippen molar-refractivity contribution < 1.29 is 13.9 Å². The fraction of sp³-hybridized carbons (Fsp3) is 0.294. The third-order valence-electron chi connectivity index (χ3n) is 3.90. The summed E-state index contributed by atoms with van der Waals surface area (Å²) in [6.45, 7) is 2.72. The van der Waals surface area contributed by atoms with Gasteiger partial charge in [0.25, 0.3) is 5.91 Å². The monoisotopic (exact) mass is 333 g/mol. The van der Waals surface area contributed by atoms with Gasteiger partial charge in [0.1, 0.15) is 5.76 Å². The van der Waals surface area contributed by atoms with Crippen molar-refractivity contribution in [1.29, 1.82) is 0 Å². The lowest BCUT2D eigenvalue weighted by molar-refractivity contribution is -0.137. The Labute approximate surface area is 138 Å². The van der Waals surface area contributed by atoms with Crippen molar-refractivity contribution in [3.8, 4) is 5.75 Å². The summed E-state index contributed by atoms with van der Waals surface area (Å²) in [5.74, 6) is 0.602. The molecule has 0 unspecified atom stereocenters. The highest BCUT2D eigenvalue weighted by Gasteiger charge is 2.32. The Hall–Kier alpha value is -2.27. The first-order valence-corrected chi connectivity index (χ1v) is 7.67. The number of rotatable bonds is 4. The summed E-state index contributed by atoms with van der Waals surface area (Å²) in [4.78, 5) is 25.5. The fourth-order valence-corrected chi connectivity index (χ4v) is 2.75. The van der Waals surface area contributed by atoms with Gasteiger partial charge in [0.05, 0.1) is 6.26 Å². The molecule has 0 aliphatic carbocycles. The fourth-order valence-electron chi connectivity index (χ4n) is 2.55. The number of hydrogen-bond donors (Lipinski definition) is 0. The van der Waals surface area contributed by atoms with Crippen LogP contribution in [0.25, 0.3) is 0 Å². The third kappa shape index (κ3) is 3.40. The van der Waals surface area contributed by atoms with Gasteiger partial charge < -0.3 is 14.1 Å². The van der Waals surface area contributed by atoms with Gasteiger partial charge in [-0.2, -0.15) is 0 Å². The number of amides is 1. The number of carbonyl (C=O) groups is 1. The SMILES string of the molecule is Cc1occc(=O)c1OCC(=O)N1CC(c2cccc(Cl)c2)C1. The lowest BCUT2D eigenvalue weighted by Gasteiger charge is -2.39. The number of ether oxygens (including phenoxy) is 1. The Balaban J connectivity index is 1.54. The van der Waals surface area contributed by atoms with E-state index in [4.69, 9.17) is 20.8 Å². The molecule has 0 saturated carbocycles. The molecule has 5 nitrogen and oxygen atoms in total. The second kappa shape index (κ2) is 6.46. The van der Waals surface area contributed by atoms with Gasteiger partial charge in [0.15, 0.2) is 6.61 Å². The van der Waals surface area contributed by atoms with Gasteiger partial charge in [-0.05, 0) is 24.6 Å². The molecule has 1 saturated heterocycles. The van der Waals surface area contributed by atoms with Crippen LogP contribution in [0.15, 0.2) is 45.8 Å². The summed E-state index contributed by atoms with van der Waals surface area (Å²) >= 11 is 5.98. The Morgan fingerprint density at radius 2 is 2.17 bits per heavy atom. The summed E-state index contributed by atoms with van der Waals surface area (Å²) in [5, 5.41) is 0.696. The van der Waals surface area contributed by atoms with Crippen molar-refractivity contribution in [1.82, 2.24) is 4.90 Å². The molecule has 2 heterocycles. The molecule has 1 aliphatic rings. The Bertz CT molecular complexity index is 780. The van der Waals surface area contributed by atoms with Gasteiger partial charge in [0.2, 0.25) is 11.2 Å². The highest BCUT2D eigenvalue weighted by Crippen LogP contribution is 2.28. The number of halogens is 1. The van der Waals surface area contributed by atoms with E-state index in [1.807, 2.05) is 24.3 Å². The number of carbonyl (C=O) groups excluding carboxylic acids is 1. The van der Waals surface area contributed by atoms with Gasteiger partial charge in [-0.25, -0.2) is 0 Å².